The van der Waals surface area contributed by atoms with Gasteiger partial charge < -0.3 is 15.8 Å². The number of hydrogen-bond donors (Lipinski definition) is 2. The molecule has 5 heteroatoms. The molecule has 0 amide bonds. The van der Waals surface area contributed by atoms with Crippen molar-refractivity contribution in [2.75, 3.05) is 18.0 Å². The number of hydrogen-bond acceptors (Lipinski definition) is 3. The molecule has 0 radical (unpaired) electrons. The average molecular weight is 296 g/mol. The van der Waals surface area contributed by atoms with Crippen molar-refractivity contribution < 1.29 is 5.21 Å². The first-order valence-corrected chi connectivity index (χ1v) is 7.40. The fourth-order valence-electron chi connectivity index (χ4n) is 2.72. The fourth-order valence-corrected chi connectivity index (χ4v) is 2.99. The summed E-state index contributed by atoms with van der Waals surface area (Å²) in [6, 6.07) is 5.64. The molecular weight excluding hydrogens is 274 g/mol. The molecule has 1 aromatic rings. The lowest BCUT2D eigenvalue weighted by molar-refractivity contribution is 0.238. The molecule has 1 saturated heterocycles. The van der Waals surface area contributed by atoms with Crippen LogP contribution in [0.25, 0.3) is 0 Å². The number of halogens is 1. The van der Waals surface area contributed by atoms with Gasteiger partial charge >= 0.3 is 0 Å². The normalized spacial score (nSPS) is 19.1. The van der Waals surface area contributed by atoms with Crippen molar-refractivity contribution in [1.82, 2.24) is 0 Å². The SMILES string of the molecule is CCC1(C)CCN(c2cccc(Cl)c2C(N)=NO)CC1. The van der Waals surface area contributed by atoms with Crippen LogP contribution in [-0.4, -0.2) is 24.1 Å². The zero-order chi connectivity index (χ0) is 14.8. The van der Waals surface area contributed by atoms with Crippen molar-refractivity contribution in [3.8, 4) is 0 Å². The van der Waals surface area contributed by atoms with Gasteiger partial charge in [-0.05, 0) is 30.4 Å². The topological polar surface area (TPSA) is 61.8 Å². The first-order valence-electron chi connectivity index (χ1n) is 7.02. The van der Waals surface area contributed by atoms with Gasteiger partial charge in [0.2, 0.25) is 0 Å². The Morgan fingerprint density at radius 1 is 1.45 bits per heavy atom. The van der Waals surface area contributed by atoms with E-state index in [4.69, 9.17) is 22.5 Å². The van der Waals surface area contributed by atoms with Crippen LogP contribution in [0.1, 0.15) is 38.7 Å². The number of anilines is 1. The third kappa shape index (κ3) is 2.85. The van der Waals surface area contributed by atoms with E-state index in [-0.39, 0.29) is 5.84 Å². The summed E-state index contributed by atoms with van der Waals surface area (Å²) in [5.74, 6) is 0.0643. The van der Waals surface area contributed by atoms with Gasteiger partial charge in [0.05, 0.1) is 10.6 Å². The van der Waals surface area contributed by atoms with Crippen LogP contribution in [0, 0.1) is 5.41 Å². The predicted octanol–water partition coefficient (Wildman–Crippen LogP) is 3.45. The first-order chi connectivity index (χ1) is 9.50. The standard InChI is InChI=1S/C15H22ClN3O/c1-3-15(2)7-9-19(10-8-15)12-6-4-5-11(16)13(12)14(17)18-20/h4-6,20H,3,7-10H2,1-2H3,(H2,17,18). The molecule has 1 aromatic carbocycles. The summed E-state index contributed by atoms with van der Waals surface area (Å²) >= 11 is 6.21. The largest absolute Gasteiger partial charge is 0.409 e. The van der Waals surface area contributed by atoms with Gasteiger partial charge in [0.1, 0.15) is 0 Å². The minimum atomic E-state index is 0.0643. The number of benzene rings is 1. The molecule has 0 unspecified atom stereocenters. The van der Waals surface area contributed by atoms with Gasteiger partial charge in [0.25, 0.3) is 0 Å². The molecule has 0 aliphatic carbocycles. The summed E-state index contributed by atoms with van der Waals surface area (Å²) in [5.41, 5.74) is 7.77. The third-order valence-corrected chi connectivity index (χ3v) is 4.84. The molecule has 3 N–H and O–H groups in total. The monoisotopic (exact) mass is 295 g/mol. The van der Waals surface area contributed by atoms with E-state index in [9.17, 15) is 0 Å². The molecule has 2 rings (SSSR count). The minimum absolute atomic E-state index is 0.0643. The lowest BCUT2D eigenvalue weighted by Crippen LogP contribution is -2.39. The number of nitrogens with two attached hydrogens (primary N) is 1. The van der Waals surface area contributed by atoms with Gasteiger partial charge in [-0.1, -0.05) is 43.1 Å². The summed E-state index contributed by atoms with van der Waals surface area (Å²) in [6.45, 7) is 6.52. The molecule has 0 bridgehead atoms. The Morgan fingerprint density at radius 2 is 2.10 bits per heavy atom. The zero-order valence-electron chi connectivity index (χ0n) is 12.1. The Balaban J connectivity index is 2.29. The summed E-state index contributed by atoms with van der Waals surface area (Å²) in [4.78, 5) is 2.27. The smallest absolute Gasteiger partial charge is 0.173 e. The van der Waals surface area contributed by atoms with E-state index in [0.29, 0.717) is 16.0 Å². The number of oxime groups is 1. The lowest BCUT2D eigenvalue weighted by atomic mass is 9.78. The molecule has 110 valence electrons. The summed E-state index contributed by atoms with van der Waals surface area (Å²) in [6.07, 6.45) is 3.49. The van der Waals surface area contributed by atoms with Gasteiger partial charge in [-0.3, -0.25) is 0 Å². The van der Waals surface area contributed by atoms with Crippen molar-refractivity contribution in [2.45, 2.75) is 33.1 Å². The highest BCUT2D eigenvalue weighted by molar-refractivity contribution is 6.34. The van der Waals surface area contributed by atoms with Crippen LogP contribution in [0.5, 0.6) is 0 Å². The highest BCUT2D eigenvalue weighted by Crippen LogP contribution is 2.37. The Kier molecular flexibility index (Phi) is 4.43. The van der Waals surface area contributed by atoms with Gasteiger partial charge in [0, 0.05) is 18.8 Å². The van der Waals surface area contributed by atoms with Gasteiger partial charge in [-0.2, -0.15) is 0 Å². The van der Waals surface area contributed by atoms with E-state index in [1.807, 2.05) is 12.1 Å². The van der Waals surface area contributed by atoms with Crippen LogP contribution in [-0.2, 0) is 0 Å². The highest BCUT2D eigenvalue weighted by Gasteiger charge is 2.29. The van der Waals surface area contributed by atoms with Gasteiger partial charge in [-0.25, -0.2) is 0 Å². The number of piperidine rings is 1. The number of amidine groups is 1. The lowest BCUT2D eigenvalue weighted by Gasteiger charge is -2.40. The maximum Gasteiger partial charge on any atom is 0.173 e. The fraction of sp³-hybridized carbons (Fsp3) is 0.533. The highest BCUT2D eigenvalue weighted by atomic mass is 35.5. The van der Waals surface area contributed by atoms with Crippen LogP contribution < -0.4 is 10.6 Å². The van der Waals surface area contributed by atoms with E-state index in [1.54, 1.807) is 6.07 Å². The molecule has 0 spiro atoms. The van der Waals surface area contributed by atoms with E-state index in [2.05, 4.69) is 23.9 Å². The maximum atomic E-state index is 8.94. The summed E-state index contributed by atoms with van der Waals surface area (Å²) in [5, 5.41) is 12.6. The van der Waals surface area contributed by atoms with Crippen molar-refractivity contribution in [3.63, 3.8) is 0 Å². The molecule has 1 fully saturated rings. The molecule has 1 heterocycles. The number of nitrogens with zero attached hydrogens (tertiary/aromatic N) is 2. The van der Waals surface area contributed by atoms with E-state index < -0.39 is 0 Å². The van der Waals surface area contributed by atoms with Gasteiger partial charge in [0.15, 0.2) is 5.84 Å². The predicted molar refractivity (Wildman–Crippen MR) is 83.8 cm³/mol. The molecule has 1 aliphatic heterocycles. The second kappa shape index (κ2) is 5.92. The molecule has 20 heavy (non-hydrogen) atoms. The molecular formula is C15H22ClN3O. The zero-order valence-corrected chi connectivity index (χ0v) is 12.8. The molecule has 0 saturated carbocycles. The minimum Gasteiger partial charge on any atom is -0.409 e. The van der Waals surface area contributed by atoms with Crippen molar-refractivity contribution in [3.05, 3.63) is 28.8 Å². The van der Waals surface area contributed by atoms with Crippen molar-refractivity contribution in [2.24, 2.45) is 16.3 Å². The van der Waals surface area contributed by atoms with Crippen LogP contribution in [0.4, 0.5) is 5.69 Å². The van der Waals surface area contributed by atoms with E-state index in [0.717, 1.165) is 31.6 Å². The Morgan fingerprint density at radius 3 is 2.65 bits per heavy atom. The van der Waals surface area contributed by atoms with Crippen LogP contribution in [0.3, 0.4) is 0 Å². The summed E-state index contributed by atoms with van der Waals surface area (Å²) < 4.78 is 0. The molecule has 0 aromatic heterocycles. The third-order valence-electron chi connectivity index (χ3n) is 4.52. The Labute approximate surface area is 125 Å². The summed E-state index contributed by atoms with van der Waals surface area (Å²) in [7, 11) is 0. The Hall–Kier alpha value is -1.42. The van der Waals surface area contributed by atoms with Crippen molar-refractivity contribution in [1.29, 1.82) is 0 Å². The molecule has 4 nitrogen and oxygen atoms in total. The molecule has 1 aliphatic rings. The van der Waals surface area contributed by atoms with Crippen molar-refractivity contribution >= 4 is 23.1 Å². The van der Waals surface area contributed by atoms with Crippen LogP contribution in [0.2, 0.25) is 5.02 Å². The molecule has 0 atom stereocenters. The average Bonchev–Trinajstić information content (AvgIpc) is 2.47. The second-order valence-electron chi connectivity index (χ2n) is 5.77. The Bertz CT molecular complexity index is 508. The first kappa shape index (κ1) is 15.0. The van der Waals surface area contributed by atoms with Crippen LogP contribution in [0.15, 0.2) is 23.4 Å². The second-order valence-corrected chi connectivity index (χ2v) is 6.18. The number of rotatable bonds is 3. The van der Waals surface area contributed by atoms with E-state index >= 15 is 0 Å². The van der Waals surface area contributed by atoms with Gasteiger partial charge in [-0.15, -0.1) is 0 Å². The maximum absolute atomic E-state index is 8.94. The van der Waals surface area contributed by atoms with Crippen LogP contribution >= 0.6 is 11.6 Å². The van der Waals surface area contributed by atoms with E-state index in [1.165, 1.54) is 6.42 Å². The quantitative estimate of drug-likeness (QED) is 0.388.